The van der Waals surface area contributed by atoms with E-state index in [1.54, 1.807) is 11.3 Å². The van der Waals surface area contributed by atoms with Gasteiger partial charge in [-0.1, -0.05) is 0 Å². The largest absolute Gasteiger partial charge is 0.391 e. The van der Waals surface area contributed by atoms with E-state index in [0.29, 0.717) is 0 Å². The summed E-state index contributed by atoms with van der Waals surface area (Å²) in [4.78, 5) is 4.30. The Kier molecular flexibility index (Phi) is 2.51. The van der Waals surface area contributed by atoms with Crippen LogP contribution in [0.4, 0.5) is 5.13 Å². The molecular weight excluding hydrogens is 184 g/mol. The highest BCUT2D eigenvalue weighted by atomic mass is 32.1. The molecule has 1 aliphatic rings. The van der Waals surface area contributed by atoms with Crippen LogP contribution in [0.1, 0.15) is 25.0 Å². The summed E-state index contributed by atoms with van der Waals surface area (Å²) < 4.78 is 0. The monoisotopic (exact) mass is 198 g/mol. The molecule has 1 fully saturated rings. The number of hydrogen-bond acceptors (Lipinski definition) is 4. The summed E-state index contributed by atoms with van der Waals surface area (Å²) in [7, 11) is 0. The molecule has 2 unspecified atom stereocenters. The summed E-state index contributed by atoms with van der Waals surface area (Å²) in [6.07, 6.45) is 2.90. The molecule has 72 valence electrons. The summed E-state index contributed by atoms with van der Waals surface area (Å²) in [6, 6.07) is 0.213. The van der Waals surface area contributed by atoms with E-state index in [-0.39, 0.29) is 12.1 Å². The van der Waals surface area contributed by atoms with Gasteiger partial charge < -0.3 is 10.4 Å². The molecule has 0 saturated heterocycles. The number of nitrogens with one attached hydrogen (secondary N) is 1. The predicted molar refractivity (Wildman–Crippen MR) is 54.1 cm³/mol. The number of thiazole rings is 1. The van der Waals surface area contributed by atoms with Gasteiger partial charge in [0.25, 0.3) is 0 Å². The summed E-state index contributed by atoms with van der Waals surface area (Å²) >= 11 is 1.61. The molecule has 0 bridgehead atoms. The van der Waals surface area contributed by atoms with E-state index in [2.05, 4.69) is 10.3 Å². The minimum Gasteiger partial charge on any atom is -0.391 e. The SMILES string of the molecule is Cc1csc(NC2CCCC2O)n1. The Morgan fingerprint density at radius 2 is 2.46 bits per heavy atom. The average molecular weight is 198 g/mol. The van der Waals surface area contributed by atoms with Gasteiger partial charge in [-0.05, 0) is 26.2 Å². The van der Waals surface area contributed by atoms with E-state index >= 15 is 0 Å². The number of rotatable bonds is 2. The molecule has 1 aliphatic carbocycles. The van der Waals surface area contributed by atoms with Crippen LogP contribution in [0.3, 0.4) is 0 Å². The fourth-order valence-electron chi connectivity index (χ4n) is 1.69. The second kappa shape index (κ2) is 3.64. The molecule has 0 radical (unpaired) electrons. The number of hydrogen-bond donors (Lipinski definition) is 2. The van der Waals surface area contributed by atoms with Crippen molar-refractivity contribution in [2.75, 3.05) is 5.32 Å². The van der Waals surface area contributed by atoms with Crippen molar-refractivity contribution in [2.24, 2.45) is 0 Å². The Bertz CT molecular complexity index is 287. The first-order valence-electron chi connectivity index (χ1n) is 4.62. The maximum absolute atomic E-state index is 9.57. The molecule has 1 heterocycles. The van der Waals surface area contributed by atoms with Gasteiger partial charge in [0.05, 0.1) is 17.8 Å². The lowest BCUT2D eigenvalue weighted by molar-refractivity contribution is 0.172. The Morgan fingerprint density at radius 3 is 3.00 bits per heavy atom. The summed E-state index contributed by atoms with van der Waals surface area (Å²) in [5.41, 5.74) is 1.04. The molecule has 1 aromatic rings. The Morgan fingerprint density at radius 1 is 1.62 bits per heavy atom. The second-order valence-electron chi connectivity index (χ2n) is 3.54. The topological polar surface area (TPSA) is 45.1 Å². The summed E-state index contributed by atoms with van der Waals surface area (Å²) in [6.45, 7) is 1.98. The number of aliphatic hydroxyl groups is 1. The quantitative estimate of drug-likeness (QED) is 0.761. The molecule has 0 aliphatic heterocycles. The molecule has 2 rings (SSSR count). The lowest BCUT2D eigenvalue weighted by Crippen LogP contribution is -2.27. The molecule has 0 spiro atoms. The fraction of sp³-hybridized carbons (Fsp3) is 0.667. The van der Waals surface area contributed by atoms with Crippen LogP contribution >= 0.6 is 11.3 Å². The van der Waals surface area contributed by atoms with Crippen molar-refractivity contribution in [3.8, 4) is 0 Å². The van der Waals surface area contributed by atoms with Gasteiger partial charge in [-0.2, -0.15) is 0 Å². The normalized spacial score (nSPS) is 27.8. The molecule has 1 aromatic heterocycles. The van der Waals surface area contributed by atoms with Crippen molar-refractivity contribution in [2.45, 2.75) is 38.3 Å². The maximum Gasteiger partial charge on any atom is 0.183 e. The van der Waals surface area contributed by atoms with Crippen molar-refractivity contribution in [3.05, 3.63) is 11.1 Å². The zero-order valence-corrected chi connectivity index (χ0v) is 8.47. The third-order valence-electron chi connectivity index (χ3n) is 2.41. The third kappa shape index (κ3) is 2.00. The molecule has 4 heteroatoms. The zero-order chi connectivity index (χ0) is 9.26. The van der Waals surface area contributed by atoms with E-state index in [4.69, 9.17) is 0 Å². The number of nitrogens with zero attached hydrogens (tertiary/aromatic N) is 1. The number of anilines is 1. The molecule has 0 aromatic carbocycles. The predicted octanol–water partition coefficient (Wildman–Crippen LogP) is 1.78. The van der Waals surface area contributed by atoms with Crippen molar-refractivity contribution in [1.82, 2.24) is 4.98 Å². The maximum atomic E-state index is 9.57. The average Bonchev–Trinajstić information content (AvgIpc) is 2.64. The molecule has 13 heavy (non-hydrogen) atoms. The molecule has 2 atom stereocenters. The van der Waals surface area contributed by atoms with E-state index in [0.717, 1.165) is 30.1 Å². The van der Waals surface area contributed by atoms with Crippen LogP contribution in [0.25, 0.3) is 0 Å². The summed E-state index contributed by atoms with van der Waals surface area (Å²) in [5, 5.41) is 15.8. The van der Waals surface area contributed by atoms with E-state index in [1.807, 2.05) is 12.3 Å². The first-order valence-corrected chi connectivity index (χ1v) is 5.50. The van der Waals surface area contributed by atoms with Gasteiger partial charge in [0.2, 0.25) is 0 Å². The van der Waals surface area contributed by atoms with Gasteiger partial charge in [-0.15, -0.1) is 11.3 Å². The van der Waals surface area contributed by atoms with Crippen LogP contribution in [-0.2, 0) is 0 Å². The fourth-order valence-corrected chi connectivity index (χ4v) is 2.44. The third-order valence-corrected chi connectivity index (χ3v) is 3.30. The van der Waals surface area contributed by atoms with Crippen molar-refractivity contribution in [3.63, 3.8) is 0 Å². The highest BCUT2D eigenvalue weighted by Gasteiger charge is 2.25. The first-order chi connectivity index (χ1) is 6.25. The Hall–Kier alpha value is -0.610. The van der Waals surface area contributed by atoms with Gasteiger partial charge in [-0.25, -0.2) is 4.98 Å². The molecule has 2 N–H and O–H groups in total. The van der Waals surface area contributed by atoms with Gasteiger partial charge in [0.15, 0.2) is 5.13 Å². The van der Waals surface area contributed by atoms with Crippen molar-refractivity contribution >= 4 is 16.5 Å². The lowest BCUT2D eigenvalue weighted by Gasteiger charge is -2.14. The van der Waals surface area contributed by atoms with Crippen LogP contribution in [-0.4, -0.2) is 22.2 Å². The van der Waals surface area contributed by atoms with Gasteiger partial charge in [0.1, 0.15) is 0 Å². The Balaban J connectivity index is 1.97. The highest BCUT2D eigenvalue weighted by molar-refractivity contribution is 7.13. The lowest BCUT2D eigenvalue weighted by atomic mass is 10.2. The van der Waals surface area contributed by atoms with E-state index in [1.165, 1.54) is 0 Å². The minimum atomic E-state index is -0.191. The van der Waals surface area contributed by atoms with Gasteiger partial charge in [-0.3, -0.25) is 0 Å². The van der Waals surface area contributed by atoms with E-state index < -0.39 is 0 Å². The second-order valence-corrected chi connectivity index (χ2v) is 4.40. The van der Waals surface area contributed by atoms with Crippen molar-refractivity contribution < 1.29 is 5.11 Å². The van der Waals surface area contributed by atoms with Crippen LogP contribution in [0.5, 0.6) is 0 Å². The van der Waals surface area contributed by atoms with E-state index in [9.17, 15) is 5.11 Å². The van der Waals surface area contributed by atoms with Crippen LogP contribution in [0.15, 0.2) is 5.38 Å². The standard InChI is InChI=1S/C9H14N2OS/c1-6-5-13-9(10-6)11-7-3-2-4-8(7)12/h5,7-8,12H,2-4H2,1H3,(H,10,11). The van der Waals surface area contributed by atoms with Crippen LogP contribution in [0.2, 0.25) is 0 Å². The van der Waals surface area contributed by atoms with Gasteiger partial charge in [0, 0.05) is 5.38 Å². The number of aliphatic hydroxyl groups excluding tert-OH is 1. The smallest absolute Gasteiger partial charge is 0.183 e. The zero-order valence-electron chi connectivity index (χ0n) is 7.66. The Labute approximate surface area is 81.8 Å². The highest BCUT2D eigenvalue weighted by Crippen LogP contribution is 2.24. The minimum absolute atomic E-state index is 0.191. The summed E-state index contributed by atoms with van der Waals surface area (Å²) in [5.74, 6) is 0. The molecular formula is C9H14N2OS. The molecule has 3 nitrogen and oxygen atoms in total. The molecule has 0 amide bonds. The molecule has 1 saturated carbocycles. The van der Waals surface area contributed by atoms with Crippen molar-refractivity contribution in [1.29, 1.82) is 0 Å². The van der Waals surface area contributed by atoms with Crippen LogP contribution < -0.4 is 5.32 Å². The number of aryl methyl sites for hydroxylation is 1. The van der Waals surface area contributed by atoms with Crippen LogP contribution in [0, 0.1) is 6.92 Å². The number of aromatic nitrogens is 1. The van der Waals surface area contributed by atoms with Gasteiger partial charge >= 0.3 is 0 Å². The first kappa shape index (κ1) is 8.97.